The molecule has 0 aromatic heterocycles. The molecule has 1 N–H and O–H groups in total. The van der Waals surface area contributed by atoms with Crippen LogP contribution in [0.3, 0.4) is 0 Å². The summed E-state index contributed by atoms with van der Waals surface area (Å²) in [5.41, 5.74) is 0.338. The fourth-order valence-corrected chi connectivity index (χ4v) is 0.919. The Morgan fingerprint density at radius 2 is 1.75 bits per heavy atom. The van der Waals surface area contributed by atoms with Crippen LogP contribution in [0.25, 0.3) is 0 Å². The molecule has 1 aromatic rings. The van der Waals surface area contributed by atoms with Gasteiger partial charge in [-0.25, -0.2) is 9.59 Å². The lowest BCUT2D eigenvalue weighted by molar-refractivity contribution is -0.182. The van der Waals surface area contributed by atoms with Gasteiger partial charge in [0.05, 0.1) is 5.56 Å². The Morgan fingerprint density at radius 1 is 1.19 bits per heavy atom. The maximum absolute atomic E-state index is 10.5. The van der Waals surface area contributed by atoms with Crippen LogP contribution in [0.5, 0.6) is 0 Å². The number of rotatable bonds is 1. The minimum Gasteiger partial charge on any atom is -0.431 e. The third-order valence-electron chi connectivity index (χ3n) is 1.62. The predicted molar refractivity (Wildman–Crippen MR) is 51.8 cm³/mol. The second kappa shape index (κ2) is 6.41. The highest BCUT2D eigenvalue weighted by atomic mass is 17.1. The quantitative estimate of drug-likeness (QED) is 0.443. The maximum atomic E-state index is 10.5. The van der Waals surface area contributed by atoms with E-state index in [-0.39, 0.29) is 0 Å². The summed E-state index contributed by atoms with van der Waals surface area (Å²) in [5, 5.41) is 7.94. The van der Waals surface area contributed by atoms with Gasteiger partial charge in [-0.05, 0) is 12.1 Å². The van der Waals surface area contributed by atoms with Gasteiger partial charge in [-0.1, -0.05) is 18.2 Å². The van der Waals surface area contributed by atoms with E-state index in [2.05, 4.69) is 14.4 Å². The third-order valence-corrected chi connectivity index (χ3v) is 1.62. The predicted octanol–water partition coefficient (Wildman–Crippen LogP) is 1.47. The van der Waals surface area contributed by atoms with E-state index >= 15 is 0 Å². The van der Waals surface area contributed by atoms with Crippen molar-refractivity contribution in [2.24, 2.45) is 0 Å². The second-order valence-corrected chi connectivity index (χ2v) is 2.69. The number of hydrogen-bond donors (Lipinski definition) is 1. The van der Waals surface area contributed by atoms with Crippen molar-refractivity contribution >= 4 is 12.1 Å². The average molecular weight is 226 g/mol. The van der Waals surface area contributed by atoms with Gasteiger partial charge < -0.3 is 9.47 Å². The summed E-state index contributed by atoms with van der Waals surface area (Å²) in [4.78, 5) is 23.8. The van der Waals surface area contributed by atoms with Gasteiger partial charge in [0.15, 0.2) is 0 Å². The molecule has 0 unspecified atom stereocenters. The summed E-state index contributed by atoms with van der Waals surface area (Å²) in [5.74, 6) is -0.736. The summed E-state index contributed by atoms with van der Waals surface area (Å²) < 4.78 is 8.58. The van der Waals surface area contributed by atoms with E-state index in [0.717, 1.165) is 0 Å². The molecule has 0 saturated carbocycles. The van der Waals surface area contributed by atoms with Crippen molar-refractivity contribution in [2.75, 3.05) is 13.2 Å². The second-order valence-electron chi connectivity index (χ2n) is 2.69. The molecule has 0 radical (unpaired) electrons. The lowest BCUT2D eigenvalue weighted by Crippen LogP contribution is -2.00. The highest BCUT2D eigenvalue weighted by Crippen LogP contribution is 1.98. The van der Waals surface area contributed by atoms with E-state index < -0.39 is 12.1 Å². The van der Waals surface area contributed by atoms with Crippen LogP contribution in [0.15, 0.2) is 30.3 Å². The molecule has 1 aromatic carbocycles. The molecule has 1 heterocycles. The molecule has 6 heteroatoms. The zero-order valence-corrected chi connectivity index (χ0v) is 8.29. The van der Waals surface area contributed by atoms with E-state index in [4.69, 9.17) is 5.26 Å². The standard InChI is InChI=1S/C7H6O3.C3H4O3/c8-7(10-9)6-4-2-1-3-5-6;4-3-5-1-2-6-3/h1-5,9H;1-2H2. The third kappa shape index (κ3) is 3.97. The minimum absolute atomic E-state index is 0.338. The fourth-order valence-electron chi connectivity index (χ4n) is 0.919. The molecule has 16 heavy (non-hydrogen) atoms. The lowest BCUT2D eigenvalue weighted by atomic mass is 10.2. The maximum Gasteiger partial charge on any atom is 0.508 e. The Kier molecular flexibility index (Phi) is 4.81. The van der Waals surface area contributed by atoms with Crippen LogP contribution >= 0.6 is 0 Å². The zero-order chi connectivity index (χ0) is 11.8. The van der Waals surface area contributed by atoms with Crippen LogP contribution < -0.4 is 0 Å². The lowest BCUT2D eigenvalue weighted by Gasteiger charge is -1.92. The average Bonchev–Trinajstić information content (AvgIpc) is 2.81. The van der Waals surface area contributed by atoms with E-state index in [1.54, 1.807) is 30.3 Å². The smallest absolute Gasteiger partial charge is 0.431 e. The Hall–Kier alpha value is -2.08. The summed E-state index contributed by atoms with van der Waals surface area (Å²) in [6.45, 7) is 0.831. The van der Waals surface area contributed by atoms with Gasteiger partial charge in [0.2, 0.25) is 0 Å². The first kappa shape index (κ1) is 12.0. The van der Waals surface area contributed by atoms with Crippen molar-refractivity contribution in [2.45, 2.75) is 0 Å². The van der Waals surface area contributed by atoms with Crippen LogP contribution in [-0.4, -0.2) is 30.6 Å². The minimum atomic E-state index is -0.736. The van der Waals surface area contributed by atoms with Crippen molar-refractivity contribution in [1.29, 1.82) is 0 Å². The zero-order valence-electron chi connectivity index (χ0n) is 8.29. The summed E-state index contributed by atoms with van der Waals surface area (Å²) in [6.07, 6.45) is -0.546. The van der Waals surface area contributed by atoms with Crippen LogP contribution in [0.1, 0.15) is 10.4 Å². The summed E-state index contributed by atoms with van der Waals surface area (Å²) in [7, 11) is 0. The fraction of sp³-hybridized carbons (Fsp3) is 0.200. The molecule has 1 saturated heterocycles. The molecule has 0 amide bonds. The van der Waals surface area contributed by atoms with Crippen molar-refractivity contribution in [3.63, 3.8) is 0 Å². The van der Waals surface area contributed by atoms with Gasteiger partial charge >= 0.3 is 12.1 Å². The topological polar surface area (TPSA) is 82.1 Å². The molecule has 0 bridgehead atoms. The first-order valence-corrected chi connectivity index (χ1v) is 4.44. The number of ether oxygens (including phenoxy) is 2. The molecular weight excluding hydrogens is 216 g/mol. The highest BCUT2D eigenvalue weighted by Gasteiger charge is 2.09. The van der Waals surface area contributed by atoms with Gasteiger partial charge in [-0.15, -0.1) is 0 Å². The molecule has 0 aliphatic carbocycles. The SMILES string of the molecule is O=C(OO)c1ccccc1.O=C1OCCO1. The van der Waals surface area contributed by atoms with Gasteiger partial charge in [0.25, 0.3) is 0 Å². The molecule has 1 aliphatic rings. The van der Waals surface area contributed by atoms with Crippen molar-refractivity contribution < 1.29 is 29.2 Å². The first-order chi connectivity index (χ1) is 7.74. The van der Waals surface area contributed by atoms with E-state index in [1.807, 2.05) is 0 Å². The number of hydrogen-bond acceptors (Lipinski definition) is 6. The number of cyclic esters (lactones) is 2. The molecule has 6 nitrogen and oxygen atoms in total. The molecular formula is C10H10O6. The summed E-state index contributed by atoms with van der Waals surface area (Å²) in [6, 6.07) is 8.25. The first-order valence-electron chi connectivity index (χ1n) is 4.44. The van der Waals surface area contributed by atoms with Crippen molar-refractivity contribution in [3.8, 4) is 0 Å². The largest absolute Gasteiger partial charge is 0.508 e. The molecule has 1 fully saturated rings. The number of carbonyl (C=O) groups excluding carboxylic acids is 2. The van der Waals surface area contributed by atoms with E-state index in [1.165, 1.54) is 0 Å². The van der Waals surface area contributed by atoms with Gasteiger partial charge in [0, 0.05) is 0 Å². The van der Waals surface area contributed by atoms with Crippen LogP contribution in [0.2, 0.25) is 0 Å². The molecule has 0 spiro atoms. The van der Waals surface area contributed by atoms with Gasteiger partial charge in [-0.3, -0.25) is 4.89 Å². The normalized spacial score (nSPS) is 12.9. The molecule has 1 aliphatic heterocycles. The Balaban J connectivity index is 0.000000181. The Bertz CT molecular complexity index is 340. The number of benzene rings is 1. The molecule has 0 atom stereocenters. The van der Waals surface area contributed by atoms with Gasteiger partial charge in [-0.2, -0.15) is 5.26 Å². The Morgan fingerprint density at radius 3 is 2.12 bits per heavy atom. The summed E-state index contributed by atoms with van der Waals surface area (Å²) >= 11 is 0. The van der Waals surface area contributed by atoms with Crippen LogP contribution in [-0.2, 0) is 14.4 Å². The van der Waals surface area contributed by atoms with E-state index in [9.17, 15) is 9.59 Å². The van der Waals surface area contributed by atoms with E-state index in [0.29, 0.717) is 18.8 Å². The number of carbonyl (C=O) groups is 2. The highest BCUT2D eigenvalue weighted by molar-refractivity contribution is 5.88. The van der Waals surface area contributed by atoms with Crippen molar-refractivity contribution in [1.82, 2.24) is 0 Å². The van der Waals surface area contributed by atoms with Crippen LogP contribution in [0.4, 0.5) is 4.79 Å². The monoisotopic (exact) mass is 226 g/mol. The Labute approximate surface area is 91.3 Å². The molecule has 2 rings (SSSR count). The van der Waals surface area contributed by atoms with Gasteiger partial charge in [0.1, 0.15) is 13.2 Å². The van der Waals surface area contributed by atoms with Crippen molar-refractivity contribution in [3.05, 3.63) is 35.9 Å². The molecule has 86 valence electrons. The van der Waals surface area contributed by atoms with Crippen LogP contribution in [0, 0.1) is 0 Å².